The summed E-state index contributed by atoms with van der Waals surface area (Å²) >= 11 is 0. The Hall–Kier alpha value is -1.55. The third-order valence-electron chi connectivity index (χ3n) is 5.19. The molecule has 118 valence electrons. The highest BCUT2D eigenvalue weighted by atomic mass is 16.5. The van der Waals surface area contributed by atoms with Crippen molar-refractivity contribution in [3.8, 4) is 5.75 Å². The number of fused-ring (bicyclic) bond motifs is 1. The average molecular weight is 300 g/mol. The lowest BCUT2D eigenvalue weighted by molar-refractivity contribution is -0.122. The van der Waals surface area contributed by atoms with Gasteiger partial charge in [-0.05, 0) is 56.8 Å². The lowest BCUT2D eigenvalue weighted by Crippen LogP contribution is -2.49. The van der Waals surface area contributed by atoms with Crippen LogP contribution in [0.25, 0.3) is 0 Å². The summed E-state index contributed by atoms with van der Waals surface area (Å²) in [7, 11) is 0. The van der Waals surface area contributed by atoms with Gasteiger partial charge >= 0.3 is 0 Å². The fourth-order valence-corrected chi connectivity index (χ4v) is 3.85. The largest absolute Gasteiger partial charge is 0.487 e. The van der Waals surface area contributed by atoms with E-state index in [1.807, 2.05) is 6.07 Å². The van der Waals surface area contributed by atoms with Crippen LogP contribution in [-0.4, -0.2) is 30.6 Å². The molecule has 4 nitrogen and oxygen atoms in total. The molecule has 1 aromatic carbocycles. The van der Waals surface area contributed by atoms with Crippen LogP contribution in [0.4, 0.5) is 0 Å². The normalized spacial score (nSPS) is 26.1. The summed E-state index contributed by atoms with van der Waals surface area (Å²) in [5.41, 5.74) is 1.13. The van der Waals surface area contributed by atoms with Crippen LogP contribution in [0.5, 0.6) is 5.75 Å². The molecule has 1 saturated heterocycles. The van der Waals surface area contributed by atoms with Crippen molar-refractivity contribution < 1.29 is 9.53 Å². The van der Waals surface area contributed by atoms with Crippen molar-refractivity contribution in [2.75, 3.05) is 13.1 Å². The van der Waals surface area contributed by atoms with E-state index >= 15 is 0 Å². The topological polar surface area (TPSA) is 50.4 Å². The highest BCUT2D eigenvalue weighted by molar-refractivity contribution is 5.77. The van der Waals surface area contributed by atoms with Gasteiger partial charge in [0, 0.05) is 18.4 Å². The SMILES string of the molecule is O=C(CC1CC2(CCNCC2)Oc2ccccc21)NC1CC1. The third-order valence-corrected chi connectivity index (χ3v) is 5.19. The smallest absolute Gasteiger partial charge is 0.220 e. The first-order chi connectivity index (χ1) is 10.7. The second-order valence-electron chi connectivity index (χ2n) is 7.02. The number of hydrogen-bond acceptors (Lipinski definition) is 3. The van der Waals surface area contributed by atoms with Crippen LogP contribution in [0.1, 0.15) is 50.0 Å². The molecule has 4 heteroatoms. The number of hydrogen-bond donors (Lipinski definition) is 2. The first kappa shape index (κ1) is 14.1. The van der Waals surface area contributed by atoms with Gasteiger partial charge in [-0.2, -0.15) is 0 Å². The predicted molar refractivity (Wildman–Crippen MR) is 85.0 cm³/mol. The molecule has 0 radical (unpaired) electrons. The minimum Gasteiger partial charge on any atom is -0.487 e. The monoisotopic (exact) mass is 300 g/mol. The Labute approximate surface area is 131 Å². The molecule has 1 aromatic rings. The average Bonchev–Trinajstić information content (AvgIpc) is 3.32. The Morgan fingerprint density at radius 2 is 2.05 bits per heavy atom. The minimum atomic E-state index is -0.0792. The quantitative estimate of drug-likeness (QED) is 0.901. The Morgan fingerprint density at radius 1 is 1.27 bits per heavy atom. The molecule has 1 saturated carbocycles. The number of carbonyl (C=O) groups is 1. The van der Waals surface area contributed by atoms with Crippen molar-refractivity contribution in [2.24, 2.45) is 0 Å². The summed E-state index contributed by atoms with van der Waals surface area (Å²) in [5, 5.41) is 6.54. The van der Waals surface area contributed by atoms with Gasteiger partial charge in [-0.15, -0.1) is 0 Å². The van der Waals surface area contributed by atoms with Crippen LogP contribution in [0, 0.1) is 0 Å². The summed E-state index contributed by atoms with van der Waals surface area (Å²) in [4.78, 5) is 12.3. The second-order valence-corrected chi connectivity index (χ2v) is 7.02. The van der Waals surface area contributed by atoms with Gasteiger partial charge in [0.25, 0.3) is 0 Å². The Balaban J connectivity index is 1.56. The van der Waals surface area contributed by atoms with Gasteiger partial charge in [0.2, 0.25) is 5.91 Å². The van der Waals surface area contributed by atoms with Gasteiger partial charge in [0.15, 0.2) is 0 Å². The number of ether oxygens (including phenoxy) is 1. The molecule has 1 aliphatic carbocycles. The zero-order chi connectivity index (χ0) is 15.0. The predicted octanol–water partition coefficient (Wildman–Crippen LogP) is 2.34. The zero-order valence-corrected chi connectivity index (χ0v) is 12.9. The lowest BCUT2D eigenvalue weighted by atomic mass is 9.76. The minimum absolute atomic E-state index is 0.0792. The summed E-state index contributed by atoms with van der Waals surface area (Å²) in [6.45, 7) is 2.01. The molecule has 1 spiro atoms. The molecular weight excluding hydrogens is 276 g/mol. The van der Waals surface area contributed by atoms with Crippen LogP contribution in [0.3, 0.4) is 0 Å². The van der Waals surface area contributed by atoms with Gasteiger partial charge < -0.3 is 15.4 Å². The summed E-state index contributed by atoms with van der Waals surface area (Å²) in [6.07, 6.45) is 5.90. The van der Waals surface area contributed by atoms with Crippen LogP contribution in [0.2, 0.25) is 0 Å². The summed E-state index contributed by atoms with van der Waals surface area (Å²) < 4.78 is 6.39. The van der Waals surface area contributed by atoms with Crippen molar-refractivity contribution in [1.82, 2.24) is 10.6 Å². The highest BCUT2D eigenvalue weighted by Crippen LogP contribution is 2.45. The van der Waals surface area contributed by atoms with Crippen molar-refractivity contribution in [2.45, 2.75) is 56.1 Å². The summed E-state index contributed by atoms with van der Waals surface area (Å²) in [5.74, 6) is 1.47. The van der Waals surface area contributed by atoms with Crippen molar-refractivity contribution in [3.63, 3.8) is 0 Å². The first-order valence-electron chi connectivity index (χ1n) is 8.52. The van der Waals surface area contributed by atoms with Crippen molar-refractivity contribution in [1.29, 1.82) is 0 Å². The molecule has 4 rings (SSSR count). The van der Waals surface area contributed by atoms with Gasteiger partial charge in [0.1, 0.15) is 11.4 Å². The Morgan fingerprint density at radius 3 is 2.82 bits per heavy atom. The molecule has 2 fully saturated rings. The fraction of sp³-hybridized carbons (Fsp3) is 0.611. The van der Waals surface area contributed by atoms with E-state index in [1.54, 1.807) is 0 Å². The van der Waals surface area contributed by atoms with E-state index in [2.05, 4.69) is 28.8 Å². The van der Waals surface area contributed by atoms with E-state index in [0.29, 0.717) is 12.5 Å². The Kier molecular flexibility index (Phi) is 3.57. The van der Waals surface area contributed by atoms with E-state index in [1.165, 1.54) is 5.56 Å². The highest BCUT2D eigenvalue weighted by Gasteiger charge is 2.42. The van der Waals surface area contributed by atoms with Crippen LogP contribution in [0.15, 0.2) is 24.3 Å². The molecule has 1 atom stereocenters. The molecule has 2 aliphatic heterocycles. The zero-order valence-electron chi connectivity index (χ0n) is 12.9. The van der Waals surface area contributed by atoms with Gasteiger partial charge in [-0.3, -0.25) is 4.79 Å². The van der Waals surface area contributed by atoms with E-state index in [4.69, 9.17) is 4.74 Å². The number of piperidine rings is 1. The second kappa shape index (κ2) is 5.58. The molecule has 2 N–H and O–H groups in total. The number of carbonyl (C=O) groups excluding carboxylic acids is 1. The number of amides is 1. The van der Waals surface area contributed by atoms with Crippen LogP contribution < -0.4 is 15.4 Å². The first-order valence-corrected chi connectivity index (χ1v) is 8.52. The van der Waals surface area contributed by atoms with Crippen LogP contribution >= 0.6 is 0 Å². The van der Waals surface area contributed by atoms with E-state index in [0.717, 1.165) is 50.9 Å². The standard InChI is InChI=1S/C18H24N2O2/c21-17(20-14-5-6-14)11-13-12-18(7-9-19-10-8-18)22-16-4-2-1-3-15(13)16/h1-4,13-14,19H,5-12H2,(H,20,21). The van der Waals surface area contributed by atoms with Crippen LogP contribution in [-0.2, 0) is 4.79 Å². The van der Waals surface area contributed by atoms with Gasteiger partial charge in [-0.25, -0.2) is 0 Å². The maximum atomic E-state index is 12.3. The molecule has 22 heavy (non-hydrogen) atoms. The van der Waals surface area contributed by atoms with E-state index < -0.39 is 0 Å². The number of nitrogens with one attached hydrogen (secondary N) is 2. The Bertz CT molecular complexity index is 562. The molecular formula is C18H24N2O2. The molecule has 1 unspecified atom stereocenters. The fourth-order valence-electron chi connectivity index (χ4n) is 3.85. The number of para-hydroxylation sites is 1. The van der Waals surface area contributed by atoms with E-state index in [-0.39, 0.29) is 17.4 Å². The lowest BCUT2D eigenvalue weighted by Gasteiger charge is -2.44. The van der Waals surface area contributed by atoms with E-state index in [9.17, 15) is 4.79 Å². The van der Waals surface area contributed by atoms with Crippen molar-refractivity contribution in [3.05, 3.63) is 29.8 Å². The van der Waals surface area contributed by atoms with Crippen molar-refractivity contribution >= 4 is 5.91 Å². The molecule has 3 aliphatic rings. The maximum Gasteiger partial charge on any atom is 0.220 e. The van der Waals surface area contributed by atoms with Gasteiger partial charge in [0.05, 0.1) is 0 Å². The number of benzene rings is 1. The molecule has 0 bridgehead atoms. The molecule has 1 amide bonds. The number of rotatable bonds is 3. The maximum absolute atomic E-state index is 12.3. The third kappa shape index (κ3) is 2.84. The summed E-state index contributed by atoms with van der Waals surface area (Å²) in [6, 6.07) is 8.70. The molecule has 2 heterocycles. The molecule has 0 aromatic heterocycles. The van der Waals surface area contributed by atoms with Gasteiger partial charge in [-0.1, -0.05) is 18.2 Å².